The van der Waals surface area contributed by atoms with Gasteiger partial charge in [-0.15, -0.1) is 0 Å². The minimum absolute atomic E-state index is 0.125. The Bertz CT molecular complexity index is 912. The molecule has 0 saturated heterocycles. The van der Waals surface area contributed by atoms with Gasteiger partial charge in [-0.25, -0.2) is 9.80 Å². The first-order chi connectivity index (χ1) is 14.0. The highest BCUT2D eigenvalue weighted by Crippen LogP contribution is 2.20. The summed E-state index contributed by atoms with van der Waals surface area (Å²) >= 11 is 0. The normalized spacial score (nSPS) is 14.8. The quantitative estimate of drug-likeness (QED) is 0.707. The Labute approximate surface area is 169 Å². The topological polar surface area (TPSA) is 79.3 Å². The highest BCUT2D eigenvalue weighted by atomic mass is 16.5. The van der Waals surface area contributed by atoms with Crippen LogP contribution in [0.25, 0.3) is 0 Å². The van der Waals surface area contributed by atoms with Gasteiger partial charge in [0.1, 0.15) is 5.71 Å². The van der Waals surface area contributed by atoms with Gasteiger partial charge >= 0.3 is 5.97 Å². The van der Waals surface area contributed by atoms with Crippen molar-refractivity contribution < 1.29 is 19.1 Å². The first-order valence-corrected chi connectivity index (χ1v) is 9.40. The monoisotopic (exact) mass is 393 g/mol. The van der Waals surface area contributed by atoms with Crippen LogP contribution in [-0.2, 0) is 19.1 Å². The zero-order valence-electron chi connectivity index (χ0n) is 16.4. The zero-order chi connectivity index (χ0) is 20.8. The molecule has 2 aromatic rings. The van der Waals surface area contributed by atoms with Gasteiger partial charge in [-0.05, 0) is 24.6 Å². The fraction of sp³-hybridized carbons (Fsp3) is 0.273. The molecule has 2 amide bonds. The molecule has 1 atom stereocenters. The molecule has 0 spiro atoms. The fourth-order valence-electron chi connectivity index (χ4n) is 2.96. The Hall–Kier alpha value is -3.48. The summed E-state index contributed by atoms with van der Waals surface area (Å²) in [4.78, 5) is 38.5. The van der Waals surface area contributed by atoms with E-state index < -0.39 is 5.97 Å². The number of esters is 1. The van der Waals surface area contributed by atoms with Gasteiger partial charge in [0, 0.05) is 19.9 Å². The number of anilines is 1. The summed E-state index contributed by atoms with van der Waals surface area (Å²) in [5.41, 5.74) is 1.69. The second kappa shape index (κ2) is 9.14. The van der Waals surface area contributed by atoms with Crippen LogP contribution in [-0.4, -0.2) is 42.0 Å². The van der Waals surface area contributed by atoms with Crippen molar-refractivity contribution in [2.75, 3.05) is 18.7 Å². The number of hydrazone groups is 1. The number of carbonyl (C=O) groups is 3. The van der Waals surface area contributed by atoms with E-state index in [4.69, 9.17) is 4.74 Å². The van der Waals surface area contributed by atoms with Gasteiger partial charge in [0.2, 0.25) is 5.91 Å². The van der Waals surface area contributed by atoms with E-state index in [0.717, 1.165) is 5.56 Å². The van der Waals surface area contributed by atoms with E-state index in [1.165, 1.54) is 9.91 Å². The maximum Gasteiger partial charge on any atom is 0.355 e. The largest absolute Gasteiger partial charge is 0.451 e. The Morgan fingerprint density at radius 3 is 2.34 bits per heavy atom. The third kappa shape index (κ3) is 4.87. The minimum atomic E-state index is -0.687. The second-order valence-corrected chi connectivity index (χ2v) is 6.76. The van der Waals surface area contributed by atoms with Crippen LogP contribution in [0.3, 0.4) is 0 Å². The highest BCUT2D eigenvalue weighted by molar-refractivity contribution is 6.38. The van der Waals surface area contributed by atoms with Crippen molar-refractivity contribution >= 4 is 29.2 Å². The van der Waals surface area contributed by atoms with Crippen LogP contribution in [0.1, 0.15) is 31.4 Å². The summed E-state index contributed by atoms with van der Waals surface area (Å²) in [6, 6.07) is 18.3. The maximum absolute atomic E-state index is 12.4. The Morgan fingerprint density at radius 2 is 1.69 bits per heavy atom. The van der Waals surface area contributed by atoms with Crippen LogP contribution in [0.15, 0.2) is 65.8 Å². The van der Waals surface area contributed by atoms with Crippen molar-refractivity contribution in [1.82, 2.24) is 4.90 Å². The van der Waals surface area contributed by atoms with Gasteiger partial charge in [-0.2, -0.15) is 5.10 Å². The van der Waals surface area contributed by atoms with Crippen LogP contribution in [0.5, 0.6) is 0 Å². The number of amides is 2. The number of hydrogen-bond acceptors (Lipinski definition) is 5. The molecule has 7 heteroatoms. The Morgan fingerprint density at radius 1 is 1.07 bits per heavy atom. The molecule has 0 bridgehead atoms. The summed E-state index contributed by atoms with van der Waals surface area (Å²) < 4.78 is 5.17. The Kier molecular flexibility index (Phi) is 6.39. The molecule has 0 saturated carbocycles. The molecule has 150 valence electrons. The maximum atomic E-state index is 12.4. The molecular weight excluding hydrogens is 370 g/mol. The number of nitrogens with zero attached hydrogens (tertiary/aromatic N) is 3. The molecule has 0 radical (unpaired) electrons. The first-order valence-electron chi connectivity index (χ1n) is 9.40. The van der Waals surface area contributed by atoms with E-state index in [2.05, 4.69) is 5.10 Å². The molecule has 3 rings (SSSR count). The summed E-state index contributed by atoms with van der Waals surface area (Å²) in [6.07, 6.45) is 0.340. The lowest BCUT2D eigenvalue weighted by molar-refractivity contribution is -0.147. The predicted molar refractivity (Wildman–Crippen MR) is 109 cm³/mol. The third-order valence-corrected chi connectivity index (χ3v) is 4.85. The first kappa shape index (κ1) is 20.3. The summed E-state index contributed by atoms with van der Waals surface area (Å²) in [5, 5.41) is 5.34. The lowest BCUT2D eigenvalue weighted by Gasteiger charge is -2.25. The molecule has 0 aromatic heterocycles. The average Bonchev–Trinajstić information content (AvgIpc) is 2.77. The zero-order valence-corrected chi connectivity index (χ0v) is 16.4. The van der Waals surface area contributed by atoms with E-state index in [9.17, 15) is 14.4 Å². The number of benzene rings is 2. The number of rotatable bonds is 6. The van der Waals surface area contributed by atoms with Crippen LogP contribution >= 0.6 is 0 Å². The summed E-state index contributed by atoms with van der Waals surface area (Å²) in [7, 11) is 1.67. The van der Waals surface area contributed by atoms with Crippen LogP contribution < -0.4 is 5.01 Å². The van der Waals surface area contributed by atoms with E-state index in [1.54, 1.807) is 31.3 Å². The Balaban J connectivity index is 1.61. The molecule has 1 aliphatic rings. The van der Waals surface area contributed by atoms with E-state index in [0.29, 0.717) is 5.69 Å². The number of likely N-dealkylation sites (N-methyl/N-ethyl adjacent to an activating group) is 1. The molecule has 1 unspecified atom stereocenters. The summed E-state index contributed by atoms with van der Waals surface area (Å²) in [6.45, 7) is 1.52. The minimum Gasteiger partial charge on any atom is -0.451 e. The number of para-hydroxylation sites is 1. The highest BCUT2D eigenvalue weighted by Gasteiger charge is 2.27. The van der Waals surface area contributed by atoms with Gasteiger partial charge in [0.15, 0.2) is 6.61 Å². The molecule has 29 heavy (non-hydrogen) atoms. The average molecular weight is 393 g/mol. The molecule has 0 fully saturated rings. The number of ether oxygens (including phenoxy) is 1. The third-order valence-electron chi connectivity index (χ3n) is 4.85. The van der Waals surface area contributed by atoms with E-state index in [1.807, 2.05) is 43.3 Å². The lowest BCUT2D eigenvalue weighted by atomic mass is 10.1. The molecule has 1 heterocycles. The molecule has 0 N–H and O–H groups in total. The smallest absolute Gasteiger partial charge is 0.355 e. The van der Waals surface area contributed by atoms with Crippen LogP contribution in [0.4, 0.5) is 5.69 Å². The van der Waals surface area contributed by atoms with Crippen LogP contribution in [0.2, 0.25) is 0 Å². The van der Waals surface area contributed by atoms with Crippen molar-refractivity contribution in [2.45, 2.75) is 25.8 Å². The molecule has 1 aliphatic heterocycles. The molecular formula is C22H23N3O4. The van der Waals surface area contributed by atoms with Crippen molar-refractivity contribution in [2.24, 2.45) is 5.10 Å². The van der Waals surface area contributed by atoms with Crippen molar-refractivity contribution in [3.8, 4) is 0 Å². The second-order valence-electron chi connectivity index (χ2n) is 6.76. The molecule has 7 nitrogen and oxygen atoms in total. The number of hydrogen-bond donors (Lipinski definition) is 0. The fourth-order valence-corrected chi connectivity index (χ4v) is 2.96. The van der Waals surface area contributed by atoms with Crippen LogP contribution in [0, 0.1) is 0 Å². The molecule has 0 aliphatic carbocycles. The van der Waals surface area contributed by atoms with E-state index >= 15 is 0 Å². The van der Waals surface area contributed by atoms with Gasteiger partial charge in [-0.3, -0.25) is 9.59 Å². The van der Waals surface area contributed by atoms with Gasteiger partial charge in [-0.1, -0.05) is 48.5 Å². The van der Waals surface area contributed by atoms with Gasteiger partial charge in [0.25, 0.3) is 5.91 Å². The van der Waals surface area contributed by atoms with E-state index in [-0.39, 0.29) is 43.0 Å². The van der Waals surface area contributed by atoms with Gasteiger partial charge < -0.3 is 9.64 Å². The molecule has 2 aromatic carbocycles. The van der Waals surface area contributed by atoms with Gasteiger partial charge in [0.05, 0.1) is 11.7 Å². The SMILES string of the molecule is CC(c1ccccc1)N(C)C(=O)COC(=O)C1=NN(c2ccccc2)C(=O)CC1. The van der Waals surface area contributed by atoms with Crippen molar-refractivity contribution in [3.05, 3.63) is 66.2 Å². The lowest BCUT2D eigenvalue weighted by Crippen LogP contribution is -2.37. The summed E-state index contributed by atoms with van der Waals surface area (Å²) in [5.74, 6) is -1.20. The predicted octanol–water partition coefficient (Wildman–Crippen LogP) is 2.93. The van der Waals surface area contributed by atoms with Crippen molar-refractivity contribution in [1.29, 1.82) is 0 Å². The van der Waals surface area contributed by atoms with Crippen molar-refractivity contribution in [3.63, 3.8) is 0 Å². The standard InChI is InChI=1S/C22H23N3O4/c1-16(17-9-5-3-6-10-17)24(2)21(27)15-29-22(28)19-13-14-20(26)25(23-19)18-11-7-4-8-12-18/h3-12,16H,13-15H2,1-2H3. The number of carbonyl (C=O) groups excluding carboxylic acids is 3.